The van der Waals surface area contributed by atoms with Crippen molar-refractivity contribution >= 4 is 11.7 Å². The van der Waals surface area contributed by atoms with E-state index >= 15 is 0 Å². The lowest BCUT2D eigenvalue weighted by Gasteiger charge is -2.40. The van der Waals surface area contributed by atoms with Gasteiger partial charge in [0.1, 0.15) is 5.82 Å². The van der Waals surface area contributed by atoms with Crippen LogP contribution in [0.4, 0.5) is 19.0 Å². The molecule has 3 heterocycles. The SMILES string of the molecule is Cc1ccc(-n2cc(C)nn2)c(C(=O)N2CCC[C@@H](C)[C@H]2CNc2ccc(C(F)(F)F)cn2)c1. The third-order valence-electron chi connectivity index (χ3n) is 6.20. The number of amides is 1. The Morgan fingerprint density at radius 3 is 2.65 bits per heavy atom. The number of carbonyl (C=O) groups is 1. The molecule has 4 rings (SSSR count). The van der Waals surface area contributed by atoms with Gasteiger partial charge in [-0.05, 0) is 56.9 Å². The maximum atomic E-state index is 13.8. The minimum atomic E-state index is -4.43. The third kappa shape index (κ3) is 5.05. The summed E-state index contributed by atoms with van der Waals surface area (Å²) in [6, 6.07) is 7.82. The van der Waals surface area contributed by atoms with Crippen LogP contribution in [0.2, 0.25) is 0 Å². The molecule has 0 radical (unpaired) electrons. The fourth-order valence-electron chi connectivity index (χ4n) is 4.33. The highest BCUT2D eigenvalue weighted by Crippen LogP contribution is 2.30. The highest BCUT2D eigenvalue weighted by molar-refractivity contribution is 5.98. The van der Waals surface area contributed by atoms with E-state index in [4.69, 9.17) is 0 Å². The van der Waals surface area contributed by atoms with Gasteiger partial charge >= 0.3 is 6.18 Å². The highest BCUT2D eigenvalue weighted by Gasteiger charge is 2.34. The van der Waals surface area contributed by atoms with Gasteiger partial charge < -0.3 is 10.2 Å². The molecule has 1 fully saturated rings. The van der Waals surface area contributed by atoms with E-state index in [0.717, 1.165) is 36.4 Å². The van der Waals surface area contributed by atoms with Gasteiger partial charge in [0.25, 0.3) is 5.91 Å². The van der Waals surface area contributed by atoms with Crippen LogP contribution in [0.25, 0.3) is 5.69 Å². The molecule has 2 atom stereocenters. The summed E-state index contributed by atoms with van der Waals surface area (Å²) in [6.07, 6.45) is -0.00387. The molecular formula is C24H27F3N6O. The molecule has 0 spiro atoms. The van der Waals surface area contributed by atoms with Gasteiger partial charge in [0, 0.05) is 19.3 Å². The quantitative estimate of drug-likeness (QED) is 0.585. The zero-order chi connectivity index (χ0) is 24.5. The maximum Gasteiger partial charge on any atom is 0.417 e. The Morgan fingerprint density at radius 1 is 1.21 bits per heavy atom. The first-order valence-electron chi connectivity index (χ1n) is 11.2. The lowest BCUT2D eigenvalue weighted by molar-refractivity contribution is -0.137. The molecule has 10 heteroatoms. The number of rotatable bonds is 5. The molecule has 1 saturated heterocycles. The van der Waals surface area contributed by atoms with Gasteiger partial charge in [-0.25, -0.2) is 9.67 Å². The smallest absolute Gasteiger partial charge is 0.368 e. The highest BCUT2D eigenvalue weighted by atomic mass is 19.4. The minimum Gasteiger partial charge on any atom is -0.368 e. The van der Waals surface area contributed by atoms with Crippen LogP contribution in [0.5, 0.6) is 0 Å². The van der Waals surface area contributed by atoms with Crippen molar-refractivity contribution in [2.45, 2.75) is 45.8 Å². The van der Waals surface area contributed by atoms with Crippen molar-refractivity contribution < 1.29 is 18.0 Å². The summed E-state index contributed by atoms with van der Waals surface area (Å²) in [5.74, 6) is 0.444. The largest absolute Gasteiger partial charge is 0.417 e. The molecule has 0 aliphatic carbocycles. The van der Waals surface area contributed by atoms with Crippen LogP contribution in [0.15, 0.2) is 42.7 Å². The van der Waals surface area contributed by atoms with E-state index in [9.17, 15) is 18.0 Å². The third-order valence-corrected chi connectivity index (χ3v) is 6.20. The van der Waals surface area contributed by atoms with Crippen molar-refractivity contribution in [3.63, 3.8) is 0 Å². The van der Waals surface area contributed by atoms with Crippen molar-refractivity contribution in [1.82, 2.24) is 24.9 Å². The Morgan fingerprint density at radius 2 is 2.00 bits per heavy atom. The Labute approximate surface area is 196 Å². The molecule has 1 aromatic carbocycles. The van der Waals surface area contributed by atoms with Crippen LogP contribution in [0, 0.1) is 19.8 Å². The number of alkyl halides is 3. The first-order valence-corrected chi connectivity index (χ1v) is 11.2. The van der Waals surface area contributed by atoms with Crippen LogP contribution in [-0.2, 0) is 6.18 Å². The number of anilines is 1. The van der Waals surface area contributed by atoms with E-state index in [-0.39, 0.29) is 17.9 Å². The molecule has 1 aliphatic heterocycles. The zero-order valence-electron chi connectivity index (χ0n) is 19.3. The number of piperidine rings is 1. The van der Waals surface area contributed by atoms with Crippen LogP contribution in [0.1, 0.15) is 46.9 Å². The summed E-state index contributed by atoms with van der Waals surface area (Å²) in [5, 5.41) is 11.3. The molecule has 180 valence electrons. The van der Waals surface area contributed by atoms with E-state index in [1.54, 1.807) is 10.9 Å². The van der Waals surface area contributed by atoms with Crippen LogP contribution >= 0.6 is 0 Å². The normalized spacial score (nSPS) is 18.7. The summed E-state index contributed by atoms with van der Waals surface area (Å²) in [6.45, 7) is 6.84. The Hall–Kier alpha value is -3.43. The van der Waals surface area contributed by atoms with Gasteiger partial charge in [-0.3, -0.25) is 4.79 Å². The number of aromatic nitrogens is 4. The van der Waals surface area contributed by atoms with E-state index < -0.39 is 11.7 Å². The second kappa shape index (κ2) is 9.44. The number of likely N-dealkylation sites (tertiary alicyclic amines) is 1. The fourth-order valence-corrected chi connectivity index (χ4v) is 4.33. The van der Waals surface area contributed by atoms with Gasteiger partial charge in [0.05, 0.1) is 34.7 Å². The Kier molecular flexibility index (Phi) is 6.58. The standard InChI is InChI=1S/C24H27F3N6O/c1-15-6-8-20(33-14-17(3)30-31-33)19(11-15)23(34)32-10-4-5-16(2)21(32)13-29-22-9-7-18(12-28-22)24(25,26)27/h6-9,11-12,14,16,21H,4-5,10,13H2,1-3H3,(H,28,29)/t16-,21-/m1/s1. The summed E-state index contributed by atoms with van der Waals surface area (Å²) >= 11 is 0. The molecular weight excluding hydrogens is 445 g/mol. The van der Waals surface area contributed by atoms with E-state index in [1.165, 1.54) is 6.07 Å². The number of nitrogens with zero attached hydrogens (tertiary/aromatic N) is 5. The second-order valence-corrected chi connectivity index (χ2v) is 8.82. The topological polar surface area (TPSA) is 75.9 Å². The van der Waals surface area contributed by atoms with Gasteiger partial charge in [-0.1, -0.05) is 23.8 Å². The summed E-state index contributed by atoms with van der Waals surface area (Å²) < 4.78 is 40.1. The first-order chi connectivity index (χ1) is 16.1. The molecule has 34 heavy (non-hydrogen) atoms. The zero-order valence-corrected chi connectivity index (χ0v) is 19.3. The van der Waals surface area contributed by atoms with Gasteiger partial charge in [0.2, 0.25) is 0 Å². The van der Waals surface area contributed by atoms with Crippen molar-refractivity contribution in [1.29, 1.82) is 0 Å². The summed E-state index contributed by atoms with van der Waals surface area (Å²) in [7, 11) is 0. The molecule has 3 aromatic rings. The van der Waals surface area contributed by atoms with E-state index in [0.29, 0.717) is 30.2 Å². The molecule has 1 N–H and O–H groups in total. The number of halogens is 3. The predicted octanol–water partition coefficient (Wildman–Crippen LogP) is 4.65. The van der Waals surface area contributed by atoms with Crippen molar-refractivity contribution in [2.75, 3.05) is 18.4 Å². The molecule has 0 unspecified atom stereocenters. The van der Waals surface area contributed by atoms with E-state index in [1.807, 2.05) is 36.9 Å². The van der Waals surface area contributed by atoms with Crippen molar-refractivity contribution in [3.05, 3.63) is 65.1 Å². The second-order valence-electron chi connectivity index (χ2n) is 8.82. The van der Waals surface area contributed by atoms with Gasteiger partial charge in [0.15, 0.2) is 0 Å². The van der Waals surface area contributed by atoms with Crippen molar-refractivity contribution in [2.24, 2.45) is 5.92 Å². The first kappa shape index (κ1) is 23.7. The van der Waals surface area contributed by atoms with Crippen LogP contribution < -0.4 is 5.32 Å². The molecule has 2 aromatic heterocycles. The molecule has 0 bridgehead atoms. The number of carbonyl (C=O) groups excluding carboxylic acids is 1. The molecule has 1 amide bonds. The lowest BCUT2D eigenvalue weighted by atomic mass is 9.89. The van der Waals surface area contributed by atoms with Gasteiger partial charge in [-0.15, -0.1) is 5.10 Å². The Balaban J connectivity index is 1.57. The van der Waals surface area contributed by atoms with Crippen LogP contribution in [-0.4, -0.2) is 49.9 Å². The Bertz CT molecular complexity index is 1160. The molecule has 1 aliphatic rings. The number of benzene rings is 1. The number of pyridine rings is 1. The molecule has 7 nitrogen and oxygen atoms in total. The predicted molar refractivity (Wildman–Crippen MR) is 122 cm³/mol. The summed E-state index contributed by atoms with van der Waals surface area (Å²) in [4.78, 5) is 19.5. The van der Waals surface area contributed by atoms with Gasteiger partial charge in [-0.2, -0.15) is 13.2 Å². The lowest BCUT2D eigenvalue weighted by Crippen LogP contribution is -2.51. The van der Waals surface area contributed by atoms with Crippen LogP contribution in [0.3, 0.4) is 0 Å². The number of aryl methyl sites for hydroxylation is 2. The average Bonchev–Trinajstić information content (AvgIpc) is 3.23. The minimum absolute atomic E-state index is 0.106. The monoisotopic (exact) mass is 472 g/mol. The van der Waals surface area contributed by atoms with Crippen molar-refractivity contribution in [3.8, 4) is 5.69 Å². The number of hydrogen-bond donors (Lipinski definition) is 1. The number of hydrogen-bond acceptors (Lipinski definition) is 5. The average molecular weight is 473 g/mol. The molecule has 0 saturated carbocycles. The maximum absolute atomic E-state index is 13.8. The summed E-state index contributed by atoms with van der Waals surface area (Å²) in [5.41, 5.74) is 2.10. The number of nitrogens with one attached hydrogen (secondary N) is 1. The fraction of sp³-hybridized carbons (Fsp3) is 0.417. The van der Waals surface area contributed by atoms with E-state index in [2.05, 4.69) is 27.5 Å².